The molecule has 1 heterocycles. The first-order valence-electron chi connectivity index (χ1n) is 23.5. The number of Topliss-reactive ketones (excluding diaryl/α,β-unsaturated/α-hetero) is 1. The Morgan fingerprint density at radius 2 is 1.53 bits per heavy atom. The standard InChI is InChI=1S/C52H61ClN6O12S3/c1-31-24-38(20-16-32(31)25-33(29-54)48-56-41-26-34(17-22-42(41)69-48)52(8,9)30-50(2,3)4)59(37-14-12-13-15-37)49(62)70-45(46(60)51(5,6)7)47(61)55-40-27-35(18-21-39(40)53)58-74(67,68)44-23-19-36(57-72(10,63)64)28-43(44)71-73(11,65)66/h16-28,37,45,57-58H,12-15,30H2,1-11H3,(H,55,61). The molecule has 1 saturated carbocycles. The van der Waals surface area contributed by atoms with E-state index in [2.05, 4.69) is 55.4 Å². The Labute approximate surface area is 438 Å². The number of amides is 2. The van der Waals surface area contributed by atoms with Crippen LogP contribution in [0, 0.1) is 29.1 Å². The van der Waals surface area contributed by atoms with Crippen molar-refractivity contribution in [3.63, 3.8) is 0 Å². The summed E-state index contributed by atoms with van der Waals surface area (Å²) >= 11 is 6.49. The van der Waals surface area contributed by atoms with Gasteiger partial charge in [-0.3, -0.25) is 23.9 Å². The van der Waals surface area contributed by atoms with Crippen molar-refractivity contribution in [3.05, 3.63) is 100 Å². The van der Waals surface area contributed by atoms with Crippen LogP contribution in [0.2, 0.25) is 5.02 Å². The number of sulfonamides is 2. The number of hydrogen-bond donors (Lipinski definition) is 3. The third-order valence-corrected chi connectivity index (χ3v) is 14.7. The topological polar surface area (TPSA) is 261 Å². The average molecular weight is 1090 g/mol. The summed E-state index contributed by atoms with van der Waals surface area (Å²) in [5, 5.41) is 12.7. The molecule has 1 aliphatic carbocycles. The van der Waals surface area contributed by atoms with Crippen molar-refractivity contribution in [2.24, 2.45) is 10.8 Å². The number of fused-ring (bicyclic) bond motifs is 1. The SMILES string of the molecule is Cc1cc(N(C(=O)OC(C(=O)Nc2cc(NS(=O)(=O)c3ccc(NS(C)(=O)=O)cc3OS(C)(=O)=O)ccc2Cl)C(=O)C(C)(C)C)C2CCCC2)ccc1C=C(C#N)c1nc2cc(C(C)(C)CC(C)(C)C)ccc2o1. The minimum absolute atomic E-state index is 0.0951. The zero-order chi connectivity index (χ0) is 54.9. The van der Waals surface area contributed by atoms with E-state index in [1.54, 1.807) is 45.0 Å². The zero-order valence-electron chi connectivity index (χ0n) is 43.0. The summed E-state index contributed by atoms with van der Waals surface area (Å²) in [5.41, 5.74) is 2.32. The van der Waals surface area contributed by atoms with Crippen molar-refractivity contribution in [1.29, 1.82) is 5.26 Å². The second-order valence-corrected chi connectivity index (χ2v) is 26.7. The minimum Gasteiger partial charge on any atom is -0.435 e. The van der Waals surface area contributed by atoms with Gasteiger partial charge in [-0.2, -0.15) is 13.7 Å². The van der Waals surface area contributed by atoms with E-state index in [9.17, 15) is 44.9 Å². The largest absolute Gasteiger partial charge is 0.435 e. The predicted octanol–water partition coefficient (Wildman–Crippen LogP) is 10.6. The number of hydrogen-bond acceptors (Lipinski definition) is 14. The summed E-state index contributed by atoms with van der Waals surface area (Å²) < 4.78 is 96.6. The summed E-state index contributed by atoms with van der Waals surface area (Å²) in [5.74, 6) is -2.45. The molecule has 396 valence electrons. The van der Waals surface area contributed by atoms with Crippen LogP contribution in [0.25, 0.3) is 22.7 Å². The third-order valence-electron chi connectivity index (χ3n) is 11.9. The highest BCUT2D eigenvalue weighted by Gasteiger charge is 2.41. The summed E-state index contributed by atoms with van der Waals surface area (Å²) in [7, 11) is -12.9. The molecule has 1 fully saturated rings. The summed E-state index contributed by atoms with van der Waals surface area (Å²) in [6, 6.07) is 19.4. The molecule has 4 aromatic carbocycles. The lowest BCUT2D eigenvalue weighted by Gasteiger charge is -2.32. The number of oxazole rings is 1. The lowest BCUT2D eigenvalue weighted by atomic mass is 9.72. The highest BCUT2D eigenvalue weighted by molar-refractivity contribution is 7.93. The predicted molar refractivity (Wildman–Crippen MR) is 287 cm³/mol. The van der Waals surface area contributed by atoms with E-state index in [4.69, 9.17) is 29.9 Å². The molecule has 1 unspecified atom stereocenters. The van der Waals surface area contributed by atoms with Crippen molar-refractivity contribution in [3.8, 4) is 11.8 Å². The van der Waals surface area contributed by atoms with Gasteiger partial charge in [-0.05, 0) is 114 Å². The smallest absolute Gasteiger partial charge is 0.415 e. The fourth-order valence-corrected chi connectivity index (χ4v) is 11.3. The Morgan fingerprint density at radius 1 is 0.878 bits per heavy atom. The molecular formula is C52H61ClN6O12S3. The molecular weight excluding hydrogens is 1030 g/mol. The third kappa shape index (κ3) is 14.4. The number of carbonyl (C=O) groups excluding carboxylic acids is 3. The summed E-state index contributed by atoms with van der Waals surface area (Å²) in [4.78, 5) is 48.2. The van der Waals surface area contributed by atoms with Crippen molar-refractivity contribution in [1.82, 2.24) is 4.98 Å². The highest BCUT2D eigenvalue weighted by atomic mass is 35.5. The monoisotopic (exact) mass is 1090 g/mol. The van der Waals surface area contributed by atoms with E-state index in [1.165, 1.54) is 17.0 Å². The van der Waals surface area contributed by atoms with Crippen LogP contribution >= 0.6 is 11.6 Å². The van der Waals surface area contributed by atoms with Gasteiger partial charge in [0.25, 0.3) is 15.9 Å². The molecule has 0 aliphatic heterocycles. The van der Waals surface area contributed by atoms with Crippen LogP contribution in [0.5, 0.6) is 5.75 Å². The number of aryl methyl sites for hydroxylation is 1. The molecule has 6 rings (SSSR count). The number of allylic oxidation sites excluding steroid dienone is 1. The van der Waals surface area contributed by atoms with Crippen LogP contribution in [-0.2, 0) is 49.9 Å². The number of aromatic nitrogens is 1. The number of ether oxygens (including phenoxy) is 1. The van der Waals surface area contributed by atoms with Gasteiger partial charge < -0.3 is 18.7 Å². The van der Waals surface area contributed by atoms with E-state index in [0.29, 0.717) is 47.0 Å². The quantitative estimate of drug-likeness (QED) is 0.0444. The van der Waals surface area contributed by atoms with Gasteiger partial charge in [0.05, 0.1) is 34.6 Å². The van der Waals surface area contributed by atoms with Crippen LogP contribution in [0.4, 0.5) is 27.5 Å². The molecule has 5 aromatic rings. The van der Waals surface area contributed by atoms with Crippen molar-refractivity contribution < 1.29 is 53.0 Å². The Hall–Kier alpha value is -6.47. The molecule has 0 radical (unpaired) electrons. The number of nitrogens with zero attached hydrogens (tertiary/aromatic N) is 3. The molecule has 0 bridgehead atoms. The van der Waals surface area contributed by atoms with Crippen molar-refractivity contribution in [2.45, 2.75) is 117 Å². The van der Waals surface area contributed by atoms with E-state index < -0.39 is 70.1 Å². The Balaban J connectivity index is 1.26. The molecule has 1 atom stereocenters. The van der Waals surface area contributed by atoms with Gasteiger partial charge in [0.1, 0.15) is 22.1 Å². The average Bonchev–Trinajstić information content (AvgIpc) is 3.94. The van der Waals surface area contributed by atoms with Crippen LogP contribution < -0.4 is 23.8 Å². The molecule has 22 heteroatoms. The molecule has 74 heavy (non-hydrogen) atoms. The highest BCUT2D eigenvalue weighted by Crippen LogP contribution is 2.39. The molecule has 18 nitrogen and oxygen atoms in total. The molecule has 1 aromatic heterocycles. The van der Waals surface area contributed by atoms with Gasteiger partial charge in [-0.15, -0.1) is 0 Å². The normalized spacial score (nSPS) is 14.5. The Bertz CT molecular complexity index is 3440. The molecule has 0 spiro atoms. The van der Waals surface area contributed by atoms with E-state index in [-0.39, 0.29) is 50.4 Å². The van der Waals surface area contributed by atoms with E-state index >= 15 is 0 Å². The number of halogens is 1. The van der Waals surface area contributed by atoms with Gasteiger partial charge in [0.2, 0.25) is 22.0 Å². The maximum absolute atomic E-state index is 14.5. The number of ketones is 1. The fourth-order valence-electron chi connectivity index (χ4n) is 8.89. The summed E-state index contributed by atoms with van der Waals surface area (Å²) in [6.45, 7) is 17.4. The van der Waals surface area contributed by atoms with Crippen molar-refractivity contribution >= 4 is 105 Å². The Kier molecular flexibility index (Phi) is 16.4. The Morgan fingerprint density at radius 3 is 2.12 bits per heavy atom. The second kappa shape index (κ2) is 21.4. The zero-order valence-corrected chi connectivity index (χ0v) is 46.2. The maximum atomic E-state index is 14.5. The molecule has 1 aliphatic rings. The first kappa shape index (κ1) is 56.8. The van der Waals surface area contributed by atoms with E-state index in [0.717, 1.165) is 55.3 Å². The second-order valence-electron chi connectivity index (χ2n) is 21.3. The lowest BCUT2D eigenvalue weighted by molar-refractivity contribution is -0.142. The fraction of sp³-hybridized carbons (Fsp3) is 0.404. The van der Waals surface area contributed by atoms with Crippen LogP contribution in [0.3, 0.4) is 0 Å². The van der Waals surface area contributed by atoms with Crippen LogP contribution in [0.1, 0.15) is 110 Å². The number of benzene rings is 4. The van der Waals surface area contributed by atoms with Crippen LogP contribution in [-0.4, -0.2) is 72.7 Å². The van der Waals surface area contributed by atoms with E-state index in [1.807, 2.05) is 25.1 Å². The van der Waals surface area contributed by atoms with Gasteiger partial charge in [-0.1, -0.05) is 92.0 Å². The van der Waals surface area contributed by atoms with Gasteiger partial charge in [-0.25, -0.2) is 26.6 Å². The lowest BCUT2D eigenvalue weighted by Crippen LogP contribution is -2.48. The number of anilines is 4. The minimum atomic E-state index is -4.71. The number of rotatable bonds is 17. The first-order chi connectivity index (χ1) is 34.1. The van der Waals surface area contributed by atoms with Gasteiger partial charge in [0.15, 0.2) is 17.1 Å². The molecule has 3 N–H and O–H groups in total. The summed E-state index contributed by atoms with van der Waals surface area (Å²) in [6.07, 6.45) is 3.90. The maximum Gasteiger partial charge on any atom is 0.415 e. The van der Waals surface area contributed by atoms with Gasteiger partial charge in [0, 0.05) is 23.2 Å². The van der Waals surface area contributed by atoms with Crippen LogP contribution in [0.15, 0.2) is 82.1 Å². The number of carbonyl (C=O) groups is 3. The molecule has 2 amide bonds. The number of nitrogens with one attached hydrogen (secondary N) is 3. The van der Waals surface area contributed by atoms with Crippen molar-refractivity contribution in [2.75, 3.05) is 32.2 Å². The first-order valence-corrected chi connectivity index (χ1v) is 29.0. The molecule has 0 saturated heterocycles. The van der Waals surface area contributed by atoms with Gasteiger partial charge >= 0.3 is 16.2 Å². The number of nitriles is 1.